The molecule has 0 aliphatic carbocycles. The molecule has 2 aromatic rings. The molecule has 120 valence electrons. The van der Waals surface area contributed by atoms with E-state index in [1.54, 1.807) is 11.3 Å². The highest BCUT2D eigenvalue weighted by Gasteiger charge is 2.07. The molecule has 2 rings (SSSR count). The highest BCUT2D eigenvalue weighted by molar-refractivity contribution is 7.07. The minimum Gasteiger partial charge on any atom is -0.357 e. The van der Waals surface area contributed by atoms with Gasteiger partial charge in [0, 0.05) is 32.0 Å². The number of aryl methyl sites for hydroxylation is 1. The zero-order chi connectivity index (χ0) is 15.8. The summed E-state index contributed by atoms with van der Waals surface area (Å²) in [6.45, 7) is 8.36. The average molecular weight is 321 g/mol. The molecule has 0 fully saturated rings. The quantitative estimate of drug-likeness (QED) is 0.605. The molecule has 0 saturated carbocycles. The van der Waals surface area contributed by atoms with Gasteiger partial charge in [-0.1, -0.05) is 12.1 Å². The van der Waals surface area contributed by atoms with Crippen LogP contribution in [-0.2, 0) is 6.42 Å². The first-order valence-corrected chi connectivity index (χ1v) is 8.46. The van der Waals surface area contributed by atoms with Crippen molar-refractivity contribution >= 4 is 17.3 Å². The summed E-state index contributed by atoms with van der Waals surface area (Å²) in [6.07, 6.45) is 0.686. The molecule has 2 heterocycles. The van der Waals surface area contributed by atoms with Crippen molar-refractivity contribution in [2.24, 2.45) is 4.99 Å². The Bertz CT molecular complexity index is 579. The van der Waals surface area contributed by atoms with Crippen molar-refractivity contribution in [3.05, 3.63) is 34.1 Å². The van der Waals surface area contributed by atoms with Gasteiger partial charge in [-0.15, -0.1) is 0 Å². The van der Waals surface area contributed by atoms with Gasteiger partial charge in [-0.2, -0.15) is 16.3 Å². The molecule has 1 unspecified atom stereocenters. The van der Waals surface area contributed by atoms with E-state index in [2.05, 4.69) is 56.4 Å². The maximum Gasteiger partial charge on any atom is 0.228 e. The SMILES string of the molecule is CCNC(=NCC(C)c1ccsc1)NCCc1nc(C)no1. The Kier molecular flexibility index (Phi) is 6.39. The summed E-state index contributed by atoms with van der Waals surface area (Å²) in [5.41, 5.74) is 1.34. The van der Waals surface area contributed by atoms with E-state index in [1.807, 2.05) is 6.92 Å². The van der Waals surface area contributed by atoms with Crippen molar-refractivity contribution in [2.45, 2.75) is 33.1 Å². The standard InChI is InChI=1S/C15H23N5OS/c1-4-16-15(17-7-5-14-19-12(3)20-21-14)18-9-11(2)13-6-8-22-10-13/h6,8,10-11H,4-5,7,9H2,1-3H3,(H2,16,17,18). The summed E-state index contributed by atoms with van der Waals surface area (Å²) in [4.78, 5) is 8.82. The Morgan fingerprint density at radius 3 is 2.95 bits per heavy atom. The molecule has 0 amide bonds. The highest BCUT2D eigenvalue weighted by Crippen LogP contribution is 2.18. The fourth-order valence-electron chi connectivity index (χ4n) is 1.96. The van der Waals surface area contributed by atoms with Crippen LogP contribution in [0.25, 0.3) is 0 Å². The lowest BCUT2D eigenvalue weighted by Crippen LogP contribution is -2.38. The summed E-state index contributed by atoms with van der Waals surface area (Å²) in [6, 6.07) is 2.16. The third-order valence-corrected chi connectivity index (χ3v) is 3.88. The molecule has 0 aromatic carbocycles. The molecule has 0 saturated heterocycles. The monoisotopic (exact) mass is 321 g/mol. The number of aliphatic imine (C=N–C) groups is 1. The van der Waals surface area contributed by atoms with E-state index >= 15 is 0 Å². The van der Waals surface area contributed by atoms with Gasteiger partial charge in [-0.05, 0) is 36.2 Å². The lowest BCUT2D eigenvalue weighted by molar-refractivity contribution is 0.374. The zero-order valence-corrected chi connectivity index (χ0v) is 14.1. The van der Waals surface area contributed by atoms with E-state index in [4.69, 9.17) is 4.52 Å². The van der Waals surface area contributed by atoms with Crippen LogP contribution in [0.3, 0.4) is 0 Å². The van der Waals surface area contributed by atoms with E-state index in [9.17, 15) is 0 Å². The number of thiophene rings is 1. The predicted molar refractivity (Wildman–Crippen MR) is 89.5 cm³/mol. The summed E-state index contributed by atoms with van der Waals surface area (Å²) in [5, 5.41) is 14.6. The normalized spacial score (nSPS) is 13.1. The van der Waals surface area contributed by atoms with Crippen molar-refractivity contribution < 1.29 is 4.52 Å². The van der Waals surface area contributed by atoms with Gasteiger partial charge in [-0.3, -0.25) is 4.99 Å². The molecule has 2 N–H and O–H groups in total. The first-order chi connectivity index (χ1) is 10.7. The minimum absolute atomic E-state index is 0.417. The molecule has 0 aliphatic heterocycles. The molecule has 1 atom stereocenters. The predicted octanol–water partition coefficient (Wildman–Crippen LogP) is 2.34. The van der Waals surface area contributed by atoms with Crippen LogP contribution in [0.15, 0.2) is 26.3 Å². The number of aromatic nitrogens is 2. The summed E-state index contributed by atoms with van der Waals surface area (Å²) in [5.74, 6) is 2.55. The third-order valence-electron chi connectivity index (χ3n) is 3.18. The Balaban J connectivity index is 1.81. The first-order valence-electron chi connectivity index (χ1n) is 7.52. The van der Waals surface area contributed by atoms with Crippen LogP contribution >= 0.6 is 11.3 Å². The van der Waals surface area contributed by atoms with Gasteiger partial charge >= 0.3 is 0 Å². The molecular formula is C15H23N5OS. The fourth-order valence-corrected chi connectivity index (χ4v) is 2.74. The average Bonchev–Trinajstić information content (AvgIpc) is 3.16. The van der Waals surface area contributed by atoms with Gasteiger partial charge in [0.25, 0.3) is 0 Å². The molecule has 2 aromatic heterocycles. The summed E-state index contributed by atoms with van der Waals surface area (Å²) < 4.78 is 5.09. The van der Waals surface area contributed by atoms with E-state index in [0.717, 1.165) is 19.0 Å². The maximum atomic E-state index is 5.09. The Hall–Kier alpha value is -1.89. The smallest absolute Gasteiger partial charge is 0.228 e. The zero-order valence-electron chi connectivity index (χ0n) is 13.3. The van der Waals surface area contributed by atoms with Crippen molar-refractivity contribution in [3.8, 4) is 0 Å². The Labute approximate surface area is 135 Å². The van der Waals surface area contributed by atoms with E-state index < -0.39 is 0 Å². The Morgan fingerprint density at radius 2 is 2.32 bits per heavy atom. The lowest BCUT2D eigenvalue weighted by atomic mass is 10.1. The van der Waals surface area contributed by atoms with Gasteiger partial charge in [0.2, 0.25) is 5.89 Å². The van der Waals surface area contributed by atoms with Crippen LogP contribution in [0.1, 0.15) is 37.0 Å². The largest absolute Gasteiger partial charge is 0.357 e. The number of hydrogen-bond donors (Lipinski definition) is 2. The van der Waals surface area contributed by atoms with E-state index in [-0.39, 0.29) is 0 Å². The van der Waals surface area contributed by atoms with Gasteiger partial charge in [-0.25, -0.2) is 0 Å². The van der Waals surface area contributed by atoms with Crippen LogP contribution in [0.4, 0.5) is 0 Å². The molecule has 0 aliphatic rings. The number of nitrogens with one attached hydrogen (secondary N) is 2. The second kappa shape index (κ2) is 8.53. The molecule has 0 spiro atoms. The molecule has 7 heteroatoms. The van der Waals surface area contributed by atoms with Gasteiger partial charge < -0.3 is 15.2 Å². The molecule has 6 nitrogen and oxygen atoms in total. The number of hydrogen-bond acceptors (Lipinski definition) is 5. The van der Waals surface area contributed by atoms with Gasteiger partial charge in [0.15, 0.2) is 11.8 Å². The van der Waals surface area contributed by atoms with Crippen molar-refractivity contribution in [3.63, 3.8) is 0 Å². The Morgan fingerprint density at radius 1 is 1.45 bits per heavy atom. The van der Waals surface area contributed by atoms with Gasteiger partial charge in [0.1, 0.15) is 0 Å². The minimum atomic E-state index is 0.417. The molecule has 0 radical (unpaired) electrons. The van der Waals surface area contributed by atoms with Crippen LogP contribution in [0.2, 0.25) is 0 Å². The van der Waals surface area contributed by atoms with Crippen molar-refractivity contribution in [2.75, 3.05) is 19.6 Å². The second-order valence-corrected chi connectivity index (χ2v) is 5.87. The summed E-state index contributed by atoms with van der Waals surface area (Å²) >= 11 is 1.72. The topological polar surface area (TPSA) is 75.3 Å². The van der Waals surface area contributed by atoms with E-state index in [1.165, 1.54) is 5.56 Å². The van der Waals surface area contributed by atoms with Crippen molar-refractivity contribution in [1.82, 2.24) is 20.8 Å². The van der Waals surface area contributed by atoms with Gasteiger partial charge in [0.05, 0.1) is 0 Å². The number of guanidine groups is 1. The molecule has 0 bridgehead atoms. The molecular weight excluding hydrogens is 298 g/mol. The lowest BCUT2D eigenvalue weighted by Gasteiger charge is -2.12. The number of nitrogens with zero attached hydrogens (tertiary/aromatic N) is 3. The van der Waals surface area contributed by atoms with Crippen molar-refractivity contribution in [1.29, 1.82) is 0 Å². The fraction of sp³-hybridized carbons (Fsp3) is 0.533. The summed E-state index contributed by atoms with van der Waals surface area (Å²) in [7, 11) is 0. The van der Waals surface area contributed by atoms with Crippen LogP contribution in [0.5, 0.6) is 0 Å². The maximum absolute atomic E-state index is 5.09. The molecule has 22 heavy (non-hydrogen) atoms. The number of rotatable bonds is 7. The van der Waals surface area contributed by atoms with E-state index in [0.29, 0.717) is 30.6 Å². The van der Waals surface area contributed by atoms with Crippen LogP contribution in [-0.4, -0.2) is 35.7 Å². The van der Waals surface area contributed by atoms with Crippen LogP contribution < -0.4 is 10.6 Å². The second-order valence-electron chi connectivity index (χ2n) is 5.09. The third kappa shape index (κ3) is 5.14. The van der Waals surface area contributed by atoms with Crippen LogP contribution in [0, 0.1) is 6.92 Å². The first kappa shape index (κ1) is 16.5. The highest BCUT2D eigenvalue weighted by atomic mass is 32.1.